The van der Waals surface area contributed by atoms with Crippen LogP contribution in [0.25, 0.3) is 11.2 Å². The van der Waals surface area contributed by atoms with Gasteiger partial charge in [-0.2, -0.15) is 9.97 Å². The van der Waals surface area contributed by atoms with E-state index in [1.807, 2.05) is 30.5 Å². The van der Waals surface area contributed by atoms with E-state index in [9.17, 15) is 5.11 Å². The highest BCUT2D eigenvalue weighted by Gasteiger charge is 2.13. The molecule has 3 rings (SSSR count). The van der Waals surface area contributed by atoms with Gasteiger partial charge in [-0.05, 0) is 54.6 Å². The van der Waals surface area contributed by atoms with Gasteiger partial charge in [0.15, 0.2) is 17.0 Å². The van der Waals surface area contributed by atoms with Gasteiger partial charge >= 0.3 is 0 Å². The van der Waals surface area contributed by atoms with Crippen molar-refractivity contribution >= 4 is 45.5 Å². The van der Waals surface area contributed by atoms with E-state index in [1.54, 1.807) is 12.4 Å². The van der Waals surface area contributed by atoms with Crippen molar-refractivity contribution in [1.29, 1.82) is 0 Å². The molecule has 26 heavy (non-hydrogen) atoms. The molecule has 0 bridgehead atoms. The highest BCUT2D eigenvalue weighted by atomic mass is 127. The topological polar surface area (TPSA) is 114 Å². The first-order valence-corrected chi connectivity index (χ1v) is 9.49. The van der Waals surface area contributed by atoms with Crippen LogP contribution in [0.4, 0.5) is 11.8 Å². The number of nitrogens with one attached hydrogen (secondary N) is 2. The molecule has 0 amide bonds. The molecule has 8 nitrogen and oxygen atoms in total. The van der Waals surface area contributed by atoms with E-state index >= 15 is 0 Å². The van der Waals surface area contributed by atoms with Gasteiger partial charge in [-0.15, -0.1) is 0 Å². The standard InChI is InChI=1S/C17H22IN7O/c1-3-25-9-22-14-15(20-8-11-6-12(18)4-5-13(11)26)23-17(24-16(14)25)21-7-10(2)19/h4-6,9-10,26H,3,7-8,19H2,1-2H3,(H2,20,21,23,24). The van der Waals surface area contributed by atoms with E-state index in [0.29, 0.717) is 30.4 Å². The molecule has 2 aromatic heterocycles. The molecule has 0 spiro atoms. The second kappa shape index (κ2) is 8.04. The number of hydrogen-bond donors (Lipinski definition) is 4. The largest absolute Gasteiger partial charge is 0.508 e. The van der Waals surface area contributed by atoms with Gasteiger partial charge in [0.25, 0.3) is 0 Å². The zero-order chi connectivity index (χ0) is 18.7. The molecule has 0 fully saturated rings. The summed E-state index contributed by atoms with van der Waals surface area (Å²) in [6, 6.07) is 5.48. The molecule has 138 valence electrons. The first kappa shape index (κ1) is 18.6. The predicted molar refractivity (Wildman–Crippen MR) is 111 cm³/mol. The minimum absolute atomic E-state index is 0.00914. The average Bonchev–Trinajstić information content (AvgIpc) is 3.03. The quantitative estimate of drug-likeness (QED) is 0.395. The number of fused-ring (bicyclic) bond motifs is 1. The number of aromatic nitrogens is 4. The molecule has 0 radical (unpaired) electrons. The summed E-state index contributed by atoms with van der Waals surface area (Å²) in [7, 11) is 0. The van der Waals surface area contributed by atoms with Crippen LogP contribution in [0.15, 0.2) is 24.5 Å². The number of benzene rings is 1. The summed E-state index contributed by atoms with van der Waals surface area (Å²) in [6.45, 7) is 5.72. The number of phenolic OH excluding ortho intramolecular Hbond substituents is 1. The third-order valence-corrected chi connectivity index (χ3v) is 4.55. The summed E-state index contributed by atoms with van der Waals surface area (Å²) in [5, 5.41) is 16.5. The van der Waals surface area contributed by atoms with Crippen molar-refractivity contribution < 1.29 is 5.11 Å². The Morgan fingerprint density at radius 1 is 1.31 bits per heavy atom. The second-order valence-corrected chi connectivity index (χ2v) is 7.33. The Hall–Kier alpha value is -2.14. The summed E-state index contributed by atoms with van der Waals surface area (Å²) in [4.78, 5) is 13.5. The van der Waals surface area contributed by atoms with Crippen molar-refractivity contribution in [3.8, 4) is 5.75 Å². The van der Waals surface area contributed by atoms with Crippen LogP contribution >= 0.6 is 22.6 Å². The number of aryl methyl sites for hydroxylation is 1. The minimum Gasteiger partial charge on any atom is -0.508 e. The first-order valence-electron chi connectivity index (χ1n) is 8.41. The summed E-state index contributed by atoms with van der Waals surface area (Å²) >= 11 is 2.22. The molecule has 0 aliphatic rings. The lowest BCUT2D eigenvalue weighted by atomic mass is 10.2. The molecule has 5 N–H and O–H groups in total. The van der Waals surface area contributed by atoms with Crippen molar-refractivity contribution in [3.63, 3.8) is 0 Å². The summed E-state index contributed by atoms with van der Waals surface area (Å²) in [5.41, 5.74) is 8.06. The van der Waals surface area contributed by atoms with E-state index in [2.05, 4.69) is 48.2 Å². The van der Waals surface area contributed by atoms with Crippen LogP contribution in [-0.4, -0.2) is 37.2 Å². The Balaban J connectivity index is 1.92. The van der Waals surface area contributed by atoms with Gasteiger partial charge in [-0.1, -0.05) is 0 Å². The smallest absolute Gasteiger partial charge is 0.226 e. The van der Waals surface area contributed by atoms with Crippen LogP contribution in [0.1, 0.15) is 19.4 Å². The number of imidazole rings is 1. The number of phenols is 1. The first-order chi connectivity index (χ1) is 12.5. The molecular weight excluding hydrogens is 445 g/mol. The molecule has 1 unspecified atom stereocenters. The summed E-state index contributed by atoms with van der Waals surface area (Å²) < 4.78 is 3.02. The third kappa shape index (κ3) is 4.15. The maximum atomic E-state index is 10.0. The van der Waals surface area contributed by atoms with E-state index < -0.39 is 0 Å². The van der Waals surface area contributed by atoms with Crippen LogP contribution in [0.2, 0.25) is 0 Å². The van der Waals surface area contributed by atoms with Crippen LogP contribution in [0, 0.1) is 3.57 Å². The molecule has 1 atom stereocenters. The van der Waals surface area contributed by atoms with E-state index in [1.165, 1.54) is 0 Å². The Kier molecular flexibility index (Phi) is 5.77. The molecule has 9 heteroatoms. The lowest BCUT2D eigenvalue weighted by molar-refractivity contribution is 0.469. The van der Waals surface area contributed by atoms with Gasteiger partial charge in [-0.3, -0.25) is 0 Å². The lowest BCUT2D eigenvalue weighted by Gasteiger charge is -2.12. The van der Waals surface area contributed by atoms with Crippen LogP contribution in [0.5, 0.6) is 5.75 Å². The van der Waals surface area contributed by atoms with Crippen LogP contribution in [0.3, 0.4) is 0 Å². The van der Waals surface area contributed by atoms with E-state index in [0.717, 1.165) is 21.3 Å². The average molecular weight is 467 g/mol. The second-order valence-electron chi connectivity index (χ2n) is 6.08. The zero-order valence-electron chi connectivity index (χ0n) is 14.7. The van der Waals surface area contributed by atoms with E-state index in [-0.39, 0.29) is 11.8 Å². The Morgan fingerprint density at radius 2 is 2.12 bits per heavy atom. The molecule has 0 aliphatic heterocycles. The molecule has 0 saturated heterocycles. The van der Waals surface area contributed by atoms with Crippen molar-refractivity contribution in [2.45, 2.75) is 33.0 Å². The lowest BCUT2D eigenvalue weighted by Crippen LogP contribution is -2.26. The number of nitrogens with zero attached hydrogens (tertiary/aromatic N) is 4. The fourth-order valence-electron chi connectivity index (χ4n) is 2.50. The summed E-state index contributed by atoms with van der Waals surface area (Å²) in [5.74, 6) is 1.37. The van der Waals surface area contributed by atoms with Gasteiger partial charge in [0, 0.05) is 34.8 Å². The Labute approximate surface area is 165 Å². The minimum atomic E-state index is -0.00914. The molecule has 0 aliphatic carbocycles. The van der Waals surface area contributed by atoms with Crippen LogP contribution < -0.4 is 16.4 Å². The van der Waals surface area contributed by atoms with Crippen LogP contribution in [-0.2, 0) is 13.1 Å². The predicted octanol–water partition coefficient (Wildman–Crippen LogP) is 2.53. The van der Waals surface area contributed by atoms with Gasteiger partial charge in [0.1, 0.15) is 5.75 Å². The van der Waals surface area contributed by atoms with Crippen molar-refractivity contribution in [2.75, 3.05) is 17.2 Å². The molecule has 0 saturated carbocycles. The van der Waals surface area contributed by atoms with Gasteiger partial charge < -0.3 is 26.0 Å². The maximum absolute atomic E-state index is 10.0. The number of nitrogens with two attached hydrogens (primary N) is 1. The number of hydrogen-bond acceptors (Lipinski definition) is 7. The number of rotatable bonds is 7. The monoisotopic (exact) mass is 467 g/mol. The van der Waals surface area contributed by atoms with Crippen molar-refractivity contribution in [3.05, 3.63) is 33.7 Å². The molecule has 3 aromatic rings. The van der Waals surface area contributed by atoms with Gasteiger partial charge in [0.05, 0.1) is 6.33 Å². The number of halogens is 1. The van der Waals surface area contributed by atoms with Crippen molar-refractivity contribution in [2.24, 2.45) is 5.73 Å². The van der Waals surface area contributed by atoms with E-state index in [4.69, 9.17) is 5.73 Å². The zero-order valence-corrected chi connectivity index (χ0v) is 16.9. The fourth-order valence-corrected chi connectivity index (χ4v) is 3.06. The van der Waals surface area contributed by atoms with Gasteiger partial charge in [0.2, 0.25) is 5.95 Å². The Morgan fingerprint density at radius 3 is 2.85 bits per heavy atom. The normalized spacial score (nSPS) is 12.3. The Bertz CT molecular complexity index is 910. The highest BCUT2D eigenvalue weighted by molar-refractivity contribution is 14.1. The summed E-state index contributed by atoms with van der Waals surface area (Å²) in [6.07, 6.45) is 1.75. The fraction of sp³-hybridized carbons (Fsp3) is 0.353. The van der Waals surface area contributed by atoms with Crippen molar-refractivity contribution in [1.82, 2.24) is 19.5 Å². The molecule has 2 heterocycles. The molecule has 1 aromatic carbocycles. The van der Waals surface area contributed by atoms with Gasteiger partial charge in [-0.25, -0.2) is 4.98 Å². The SMILES string of the molecule is CCn1cnc2c(NCc3cc(I)ccc3O)nc(NCC(C)N)nc21. The highest BCUT2D eigenvalue weighted by Crippen LogP contribution is 2.24. The number of aromatic hydroxyl groups is 1. The number of anilines is 2. The maximum Gasteiger partial charge on any atom is 0.226 e. The third-order valence-electron chi connectivity index (χ3n) is 3.87. The molecular formula is C17H22IN7O.